The van der Waals surface area contributed by atoms with Gasteiger partial charge in [0.15, 0.2) is 16.5 Å². The number of aryl methyl sites for hydroxylation is 1. The number of carbonyl (C=O) groups is 1. The zero-order valence-electron chi connectivity index (χ0n) is 17.4. The number of fused-ring (bicyclic) bond motifs is 3. The lowest BCUT2D eigenvalue weighted by Gasteiger charge is -2.10. The maximum Gasteiger partial charge on any atom is 0.343 e. The van der Waals surface area contributed by atoms with E-state index in [0.717, 1.165) is 22.2 Å². The van der Waals surface area contributed by atoms with E-state index in [1.165, 1.54) is 18.4 Å². The van der Waals surface area contributed by atoms with Crippen LogP contribution in [0, 0.1) is 6.92 Å². The molecule has 7 heteroatoms. The van der Waals surface area contributed by atoms with Crippen molar-refractivity contribution in [3.63, 3.8) is 0 Å². The van der Waals surface area contributed by atoms with E-state index in [9.17, 15) is 9.59 Å². The van der Waals surface area contributed by atoms with Crippen LogP contribution >= 0.6 is 11.3 Å². The molecule has 0 spiro atoms. The van der Waals surface area contributed by atoms with E-state index in [-0.39, 0.29) is 5.56 Å². The predicted octanol–water partition coefficient (Wildman–Crippen LogP) is 3.99. The molecule has 0 aliphatic heterocycles. The van der Waals surface area contributed by atoms with Crippen LogP contribution in [0.3, 0.4) is 0 Å². The number of ether oxygens (including phenoxy) is 2. The Hall–Kier alpha value is -3.97. The van der Waals surface area contributed by atoms with Crippen LogP contribution in [0.5, 0.6) is 11.5 Å². The summed E-state index contributed by atoms with van der Waals surface area (Å²) >= 11 is 1.33. The first kappa shape index (κ1) is 20.0. The summed E-state index contributed by atoms with van der Waals surface area (Å²) in [5.41, 5.74) is 3.74. The molecule has 0 aliphatic rings. The first-order valence-electron chi connectivity index (χ1n) is 9.92. The number of hydrogen-bond donors (Lipinski definition) is 0. The standard InChI is InChI=1S/C25H18N2O4S/c1-15-7-10-17(11-8-15)24(29)31-20-12-9-16(13-21(20)30-2)14-22-23(28)27-19-6-4-3-5-18(19)26-25(27)32-22/h3-14H,1-2H3/b22-14-. The Balaban J connectivity index is 1.49. The molecule has 0 unspecified atom stereocenters. The first-order chi connectivity index (χ1) is 15.5. The molecule has 2 aromatic heterocycles. The number of methoxy groups -OCH3 is 1. The third-order valence-electron chi connectivity index (χ3n) is 5.12. The van der Waals surface area contributed by atoms with E-state index >= 15 is 0 Å². The van der Waals surface area contributed by atoms with E-state index in [0.29, 0.717) is 26.6 Å². The highest BCUT2D eigenvalue weighted by Gasteiger charge is 2.14. The van der Waals surface area contributed by atoms with Crippen molar-refractivity contribution in [1.29, 1.82) is 0 Å². The fraction of sp³-hybridized carbons (Fsp3) is 0.0800. The summed E-state index contributed by atoms with van der Waals surface area (Å²) in [5.74, 6) is 0.247. The monoisotopic (exact) mass is 442 g/mol. The number of rotatable bonds is 4. The van der Waals surface area contributed by atoms with Crippen LogP contribution in [0.2, 0.25) is 0 Å². The van der Waals surface area contributed by atoms with Gasteiger partial charge in [-0.1, -0.05) is 47.2 Å². The quantitative estimate of drug-likeness (QED) is 0.311. The Bertz CT molecular complexity index is 1580. The van der Waals surface area contributed by atoms with Gasteiger partial charge in [0.2, 0.25) is 0 Å². The molecule has 0 saturated carbocycles. The van der Waals surface area contributed by atoms with E-state index in [1.54, 1.807) is 40.8 Å². The van der Waals surface area contributed by atoms with Gasteiger partial charge < -0.3 is 9.47 Å². The number of nitrogens with zero attached hydrogens (tertiary/aromatic N) is 2. The summed E-state index contributed by atoms with van der Waals surface area (Å²) in [7, 11) is 1.51. The molecular weight excluding hydrogens is 424 g/mol. The normalized spacial score (nSPS) is 11.9. The zero-order chi connectivity index (χ0) is 22.2. The topological polar surface area (TPSA) is 69.9 Å². The number of para-hydroxylation sites is 2. The molecule has 0 fully saturated rings. The Morgan fingerprint density at radius 3 is 2.59 bits per heavy atom. The predicted molar refractivity (Wildman–Crippen MR) is 125 cm³/mol. The third-order valence-corrected chi connectivity index (χ3v) is 6.09. The summed E-state index contributed by atoms with van der Waals surface area (Å²) in [6.45, 7) is 1.95. The van der Waals surface area contributed by atoms with Crippen molar-refractivity contribution in [2.24, 2.45) is 0 Å². The second kappa shape index (κ2) is 7.94. The highest BCUT2D eigenvalue weighted by atomic mass is 32.1. The summed E-state index contributed by atoms with van der Waals surface area (Å²) < 4.78 is 13.1. The van der Waals surface area contributed by atoms with Gasteiger partial charge >= 0.3 is 5.97 Å². The molecule has 3 aromatic carbocycles. The first-order valence-corrected chi connectivity index (χ1v) is 10.7. The number of imidazole rings is 1. The molecule has 0 bridgehead atoms. The number of carbonyl (C=O) groups excluding carboxylic acids is 1. The third kappa shape index (κ3) is 3.52. The molecule has 0 atom stereocenters. The van der Waals surface area contributed by atoms with Crippen molar-refractivity contribution < 1.29 is 14.3 Å². The molecule has 0 N–H and O–H groups in total. The number of aromatic nitrogens is 2. The maximum atomic E-state index is 13.0. The molecule has 0 saturated heterocycles. The average molecular weight is 442 g/mol. The van der Waals surface area contributed by atoms with Crippen LogP contribution < -0.4 is 19.6 Å². The van der Waals surface area contributed by atoms with Gasteiger partial charge in [0.1, 0.15) is 0 Å². The molecule has 2 heterocycles. The largest absolute Gasteiger partial charge is 0.493 e. The molecule has 32 heavy (non-hydrogen) atoms. The summed E-state index contributed by atoms with van der Waals surface area (Å²) in [4.78, 5) is 30.6. The average Bonchev–Trinajstić information content (AvgIpc) is 3.31. The molecule has 0 radical (unpaired) electrons. The van der Waals surface area contributed by atoms with Crippen molar-refractivity contribution in [1.82, 2.24) is 9.38 Å². The molecular formula is C25H18N2O4S. The summed E-state index contributed by atoms with van der Waals surface area (Å²) in [6, 6.07) is 19.9. The minimum atomic E-state index is -0.465. The second-order valence-electron chi connectivity index (χ2n) is 7.30. The van der Waals surface area contributed by atoms with Crippen molar-refractivity contribution in [2.45, 2.75) is 6.92 Å². The van der Waals surface area contributed by atoms with Crippen molar-refractivity contribution in [3.05, 3.63) is 98.3 Å². The molecule has 0 amide bonds. The highest BCUT2D eigenvalue weighted by molar-refractivity contribution is 7.15. The van der Waals surface area contributed by atoms with E-state index < -0.39 is 5.97 Å². The van der Waals surface area contributed by atoms with Gasteiger partial charge in [0.05, 0.1) is 28.2 Å². The summed E-state index contributed by atoms with van der Waals surface area (Å²) in [5, 5.41) is 0. The van der Waals surface area contributed by atoms with Crippen LogP contribution in [0.1, 0.15) is 21.5 Å². The van der Waals surface area contributed by atoms with Gasteiger partial charge in [0, 0.05) is 0 Å². The molecule has 0 aliphatic carbocycles. The van der Waals surface area contributed by atoms with Gasteiger partial charge in [-0.15, -0.1) is 0 Å². The van der Waals surface area contributed by atoms with Crippen molar-refractivity contribution in [3.8, 4) is 11.5 Å². The minimum Gasteiger partial charge on any atom is -0.493 e. The number of hydrogen-bond acceptors (Lipinski definition) is 6. The number of esters is 1. The van der Waals surface area contributed by atoms with Crippen LogP contribution in [0.15, 0.2) is 71.5 Å². The molecule has 158 valence electrons. The van der Waals surface area contributed by atoms with Crippen molar-refractivity contribution >= 4 is 39.4 Å². The molecule has 6 nitrogen and oxygen atoms in total. The van der Waals surface area contributed by atoms with Gasteiger partial charge in [-0.2, -0.15) is 0 Å². The van der Waals surface area contributed by atoms with E-state index in [1.807, 2.05) is 43.3 Å². The lowest BCUT2D eigenvalue weighted by molar-refractivity contribution is 0.0729. The Morgan fingerprint density at radius 2 is 1.81 bits per heavy atom. The number of thiazole rings is 1. The van der Waals surface area contributed by atoms with Gasteiger partial charge in [-0.3, -0.25) is 4.79 Å². The van der Waals surface area contributed by atoms with Crippen LogP contribution in [-0.2, 0) is 0 Å². The lowest BCUT2D eigenvalue weighted by Crippen LogP contribution is -2.22. The maximum absolute atomic E-state index is 13.0. The minimum absolute atomic E-state index is 0.118. The highest BCUT2D eigenvalue weighted by Crippen LogP contribution is 2.29. The zero-order valence-corrected chi connectivity index (χ0v) is 18.2. The fourth-order valence-electron chi connectivity index (χ4n) is 3.47. The van der Waals surface area contributed by atoms with Gasteiger partial charge in [0.25, 0.3) is 5.56 Å². The Morgan fingerprint density at radius 1 is 1.03 bits per heavy atom. The summed E-state index contributed by atoms with van der Waals surface area (Å²) in [6.07, 6.45) is 1.78. The van der Waals surface area contributed by atoms with Crippen molar-refractivity contribution in [2.75, 3.05) is 7.11 Å². The fourth-order valence-corrected chi connectivity index (χ4v) is 4.46. The molecule has 5 aromatic rings. The lowest BCUT2D eigenvalue weighted by atomic mass is 10.1. The second-order valence-corrected chi connectivity index (χ2v) is 8.31. The Labute approximate surface area is 187 Å². The Kier molecular flexibility index (Phi) is 4.95. The van der Waals surface area contributed by atoms with Crippen LogP contribution in [0.4, 0.5) is 0 Å². The smallest absolute Gasteiger partial charge is 0.343 e. The van der Waals surface area contributed by atoms with E-state index in [2.05, 4.69) is 4.98 Å². The SMILES string of the molecule is COc1cc(/C=c2\sc3nc4ccccc4n3c2=O)ccc1OC(=O)c1ccc(C)cc1. The van der Waals surface area contributed by atoms with Crippen LogP contribution in [-0.4, -0.2) is 22.5 Å². The van der Waals surface area contributed by atoms with Gasteiger partial charge in [-0.25, -0.2) is 14.2 Å². The molecule has 5 rings (SSSR count). The van der Waals surface area contributed by atoms with E-state index in [4.69, 9.17) is 9.47 Å². The van der Waals surface area contributed by atoms with Crippen LogP contribution in [0.25, 0.3) is 22.1 Å². The number of benzene rings is 3. The van der Waals surface area contributed by atoms with Gasteiger partial charge in [-0.05, 0) is 55.0 Å².